The Morgan fingerprint density at radius 1 is 1.05 bits per heavy atom. The summed E-state index contributed by atoms with van der Waals surface area (Å²) in [6.07, 6.45) is 1.01. The second-order valence-corrected chi connectivity index (χ2v) is 5.90. The molecule has 3 heteroatoms. The minimum atomic E-state index is 0.937. The Balaban J connectivity index is 1.83. The lowest BCUT2D eigenvalue weighted by atomic mass is 10.1. The van der Waals surface area contributed by atoms with Gasteiger partial charge in [0.15, 0.2) is 5.13 Å². The van der Waals surface area contributed by atoms with Gasteiger partial charge in [-0.2, -0.15) is 0 Å². The van der Waals surface area contributed by atoms with Gasteiger partial charge < -0.3 is 5.32 Å². The number of nitrogens with zero attached hydrogens (tertiary/aromatic N) is 1. The fraction of sp³-hybridized carbons (Fsp3) is 0.167. The summed E-state index contributed by atoms with van der Waals surface area (Å²) in [6, 6.07) is 16.9. The molecule has 106 valence electrons. The molecular formula is C18H18N2S. The van der Waals surface area contributed by atoms with Crippen molar-refractivity contribution in [3.63, 3.8) is 0 Å². The summed E-state index contributed by atoms with van der Waals surface area (Å²) in [4.78, 5) is 4.69. The molecule has 0 radical (unpaired) electrons. The fourth-order valence-electron chi connectivity index (χ4n) is 2.25. The molecule has 2 nitrogen and oxygen atoms in total. The van der Waals surface area contributed by atoms with Crippen LogP contribution in [0.15, 0.2) is 53.9 Å². The Morgan fingerprint density at radius 2 is 1.81 bits per heavy atom. The first-order chi connectivity index (χ1) is 10.3. The van der Waals surface area contributed by atoms with Gasteiger partial charge in [-0.3, -0.25) is 0 Å². The van der Waals surface area contributed by atoms with Crippen LogP contribution < -0.4 is 5.32 Å². The highest BCUT2D eigenvalue weighted by atomic mass is 32.1. The van der Waals surface area contributed by atoms with Gasteiger partial charge in [0, 0.05) is 16.6 Å². The summed E-state index contributed by atoms with van der Waals surface area (Å²) in [7, 11) is 0. The maximum Gasteiger partial charge on any atom is 0.187 e. The lowest BCUT2D eigenvalue weighted by Gasteiger charge is -2.07. The van der Waals surface area contributed by atoms with E-state index in [9.17, 15) is 0 Å². The van der Waals surface area contributed by atoms with Gasteiger partial charge in [0.2, 0.25) is 0 Å². The number of hydrogen-bond acceptors (Lipinski definition) is 3. The van der Waals surface area contributed by atoms with Crippen molar-refractivity contribution in [2.45, 2.75) is 20.3 Å². The molecule has 2 aromatic carbocycles. The molecule has 0 fully saturated rings. The Kier molecular flexibility index (Phi) is 4.02. The van der Waals surface area contributed by atoms with Gasteiger partial charge in [-0.25, -0.2) is 4.98 Å². The molecule has 0 aliphatic heterocycles. The van der Waals surface area contributed by atoms with Gasteiger partial charge in [0.25, 0.3) is 0 Å². The summed E-state index contributed by atoms with van der Waals surface area (Å²) < 4.78 is 0. The van der Waals surface area contributed by atoms with E-state index in [0.29, 0.717) is 0 Å². The van der Waals surface area contributed by atoms with Gasteiger partial charge in [0.05, 0.1) is 5.69 Å². The molecule has 0 atom stereocenters. The Bertz CT molecular complexity index is 729. The molecule has 3 rings (SSSR count). The summed E-state index contributed by atoms with van der Waals surface area (Å²) in [5, 5.41) is 6.47. The van der Waals surface area contributed by atoms with Crippen molar-refractivity contribution in [3.05, 3.63) is 65.0 Å². The van der Waals surface area contributed by atoms with Crippen LogP contribution in [0.2, 0.25) is 0 Å². The maximum absolute atomic E-state index is 4.69. The van der Waals surface area contributed by atoms with E-state index in [1.54, 1.807) is 11.3 Å². The van der Waals surface area contributed by atoms with E-state index >= 15 is 0 Å². The number of nitrogens with one attached hydrogen (secondary N) is 1. The number of anilines is 2. The minimum absolute atomic E-state index is 0.937. The SMILES string of the molecule is CCc1ccccc1Nc1nc(-c2ccc(C)cc2)cs1. The van der Waals surface area contributed by atoms with Crippen molar-refractivity contribution in [1.29, 1.82) is 0 Å². The van der Waals surface area contributed by atoms with Crippen LogP contribution in [-0.4, -0.2) is 4.98 Å². The number of hydrogen-bond donors (Lipinski definition) is 1. The average molecular weight is 294 g/mol. The van der Waals surface area contributed by atoms with Crippen LogP contribution in [-0.2, 0) is 6.42 Å². The van der Waals surface area contributed by atoms with Crippen LogP contribution in [0.1, 0.15) is 18.1 Å². The van der Waals surface area contributed by atoms with Gasteiger partial charge >= 0.3 is 0 Å². The van der Waals surface area contributed by atoms with Crippen LogP contribution >= 0.6 is 11.3 Å². The zero-order valence-corrected chi connectivity index (χ0v) is 13.1. The lowest BCUT2D eigenvalue weighted by molar-refractivity contribution is 1.14. The third kappa shape index (κ3) is 3.14. The second kappa shape index (κ2) is 6.10. The van der Waals surface area contributed by atoms with Gasteiger partial charge in [-0.1, -0.05) is 55.0 Å². The molecule has 1 heterocycles. The highest BCUT2D eigenvalue weighted by Gasteiger charge is 2.06. The summed E-state index contributed by atoms with van der Waals surface area (Å²) >= 11 is 1.64. The topological polar surface area (TPSA) is 24.9 Å². The normalized spacial score (nSPS) is 10.6. The molecule has 1 aromatic heterocycles. The maximum atomic E-state index is 4.69. The third-order valence-electron chi connectivity index (χ3n) is 3.49. The largest absolute Gasteiger partial charge is 0.331 e. The number of thiazole rings is 1. The van der Waals surface area contributed by atoms with Crippen LogP contribution in [0.3, 0.4) is 0 Å². The monoisotopic (exact) mass is 294 g/mol. The van der Waals surface area contributed by atoms with E-state index in [0.717, 1.165) is 28.5 Å². The molecule has 0 amide bonds. The summed E-state index contributed by atoms with van der Waals surface area (Å²) in [5.41, 5.74) is 5.91. The van der Waals surface area contributed by atoms with Crippen LogP contribution in [0, 0.1) is 6.92 Å². The highest BCUT2D eigenvalue weighted by molar-refractivity contribution is 7.14. The molecule has 3 aromatic rings. The highest BCUT2D eigenvalue weighted by Crippen LogP contribution is 2.28. The predicted molar refractivity (Wildman–Crippen MR) is 91.4 cm³/mol. The Labute approximate surface area is 129 Å². The van der Waals surface area contributed by atoms with Crippen molar-refractivity contribution in [2.75, 3.05) is 5.32 Å². The molecule has 0 bridgehead atoms. The molecule has 0 saturated carbocycles. The predicted octanol–water partition coefficient (Wildman–Crippen LogP) is 5.42. The molecule has 0 spiro atoms. The van der Waals surface area contributed by atoms with Gasteiger partial charge in [-0.15, -0.1) is 11.3 Å². The smallest absolute Gasteiger partial charge is 0.187 e. The van der Waals surface area contributed by atoms with Crippen LogP contribution in [0.25, 0.3) is 11.3 Å². The first-order valence-electron chi connectivity index (χ1n) is 7.14. The fourth-order valence-corrected chi connectivity index (χ4v) is 2.99. The molecule has 0 aliphatic carbocycles. The van der Waals surface area contributed by atoms with Crippen LogP contribution in [0.5, 0.6) is 0 Å². The molecule has 0 unspecified atom stereocenters. The lowest BCUT2D eigenvalue weighted by Crippen LogP contribution is -1.94. The zero-order valence-electron chi connectivity index (χ0n) is 12.3. The van der Waals surface area contributed by atoms with Crippen LogP contribution in [0.4, 0.5) is 10.8 Å². The van der Waals surface area contributed by atoms with E-state index < -0.39 is 0 Å². The summed E-state index contributed by atoms with van der Waals surface area (Å²) in [6.45, 7) is 4.26. The van der Waals surface area contributed by atoms with E-state index in [1.807, 2.05) is 0 Å². The quantitative estimate of drug-likeness (QED) is 0.694. The Morgan fingerprint density at radius 3 is 2.57 bits per heavy atom. The number of benzene rings is 2. The molecular weight excluding hydrogens is 276 g/mol. The summed E-state index contributed by atoms with van der Waals surface area (Å²) in [5.74, 6) is 0. The van der Waals surface area contributed by atoms with E-state index in [2.05, 4.69) is 78.1 Å². The van der Waals surface area contributed by atoms with Crippen molar-refractivity contribution in [2.24, 2.45) is 0 Å². The second-order valence-electron chi connectivity index (χ2n) is 5.04. The first-order valence-corrected chi connectivity index (χ1v) is 8.01. The van der Waals surface area contributed by atoms with Crippen molar-refractivity contribution < 1.29 is 0 Å². The van der Waals surface area contributed by atoms with E-state index in [4.69, 9.17) is 0 Å². The van der Waals surface area contributed by atoms with Gasteiger partial charge in [-0.05, 0) is 25.0 Å². The van der Waals surface area contributed by atoms with Crippen molar-refractivity contribution in [1.82, 2.24) is 4.98 Å². The minimum Gasteiger partial charge on any atom is -0.331 e. The van der Waals surface area contributed by atoms with Crippen molar-refractivity contribution >= 4 is 22.2 Å². The average Bonchev–Trinajstić information content (AvgIpc) is 2.97. The number of rotatable bonds is 4. The first kappa shape index (κ1) is 13.8. The molecule has 0 aliphatic rings. The number of aromatic nitrogens is 1. The number of aryl methyl sites for hydroxylation is 2. The van der Waals surface area contributed by atoms with Gasteiger partial charge in [0.1, 0.15) is 0 Å². The van der Waals surface area contributed by atoms with Crippen molar-refractivity contribution in [3.8, 4) is 11.3 Å². The zero-order chi connectivity index (χ0) is 14.7. The Hall–Kier alpha value is -2.13. The van der Waals surface area contributed by atoms with E-state index in [1.165, 1.54) is 11.1 Å². The molecule has 0 saturated heterocycles. The van der Waals surface area contributed by atoms with E-state index in [-0.39, 0.29) is 0 Å². The third-order valence-corrected chi connectivity index (χ3v) is 4.25. The molecule has 1 N–H and O–H groups in total. The number of para-hydroxylation sites is 1. The standard InChI is InChI=1S/C18H18N2S/c1-3-14-6-4-5-7-16(14)19-18-20-17(12-21-18)15-10-8-13(2)9-11-15/h4-12H,3H2,1-2H3,(H,19,20). The molecule has 21 heavy (non-hydrogen) atoms.